The molecule has 1 amide bonds. The van der Waals surface area contributed by atoms with Gasteiger partial charge in [0.25, 0.3) is 0 Å². The number of carbonyl (C=O) groups excluding carboxylic acids is 1. The van der Waals surface area contributed by atoms with Crippen LogP contribution in [0.15, 0.2) is 0 Å². The maximum atomic E-state index is 12.2. The van der Waals surface area contributed by atoms with Crippen molar-refractivity contribution in [1.82, 2.24) is 10.2 Å². The molecular weight excluding hydrogens is 256 g/mol. The van der Waals surface area contributed by atoms with E-state index in [-0.39, 0.29) is 0 Å². The second-order valence-electron chi connectivity index (χ2n) is 6.22. The normalized spacial score (nSPS) is 23.0. The van der Waals surface area contributed by atoms with Crippen molar-refractivity contribution >= 4 is 17.7 Å². The van der Waals surface area contributed by atoms with Crippen molar-refractivity contribution in [2.45, 2.75) is 44.8 Å². The smallest absolute Gasteiger partial charge is 0.232 e. The Morgan fingerprint density at radius 1 is 1.21 bits per heavy atom. The zero-order chi connectivity index (χ0) is 13.7. The van der Waals surface area contributed by atoms with Crippen LogP contribution in [-0.2, 0) is 4.79 Å². The van der Waals surface area contributed by atoms with Gasteiger partial charge in [-0.2, -0.15) is 0 Å². The molecule has 0 aromatic carbocycles. The van der Waals surface area contributed by atoms with Gasteiger partial charge in [-0.25, -0.2) is 0 Å². The summed E-state index contributed by atoms with van der Waals surface area (Å²) in [4.78, 5) is 14.3. The minimum absolute atomic E-state index is 0.366. The number of piperidine rings is 2. The molecule has 19 heavy (non-hydrogen) atoms. The van der Waals surface area contributed by atoms with E-state index in [1.54, 1.807) is 0 Å². The van der Waals surface area contributed by atoms with Crippen molar-refractivity contribution in [3.63, 3.8) is 0 Å². The Bertz CT molecular complexity index is 282. The van der Waals surface area contributed by atoms with Gasteiger partial charge < -0.3 is 10.2 Å². The molecule has 0 aromatic heterocycles. The third-order valence-electron chi connectivity index (χ3n) is 4.56. The summed E-state index contributed by atoms with van der Waals surface area (Å²) in [6.07, 6.45) is 4.82. The average molecular weight is 284 g/mol. The van der Waals surface area contributed by atoms with Gasteiger partial charge >= 0.3 is 0 Å². The van der Waals surface area contributed by atoms with E-state index < -0.39 is 0 Å². The van der Waals surface area contributed by atoms with Crippen molar-refractivity contribution < 1.29 is 4.79 Å². The number of carbonyl (C=O) groups is 1. The number of nitrogens with zero attached hydrogens (tertiary/aromatic N) is 1. The molecule has 0 aliphatic carbocycles. The number of amides is 1. The van der Waals surface area contributed by atoms with E-state index in [1.807, 2.05) is 11.8 Å². The summed E-state index contributed by atoms with van der Waals surface area (Å²) in [5.74, 6) is 2.64. The first-order chi connectivity index (χ1) is 9.16. The van der Waals surface area contributed by atoms with Crippen LogP contribution >= 0.6 is 11.8 Å². The first-order valence-electron chi connectivity index (χ1n) is 7.77. The predicted octanol–water partition coefficient (Wildman–Crippen LogP) is 2.37. The summed E-state index contributed by atoms with van der Waals surface area (Å²) in [6.45, 7) is 8.80. The van der Waals surface area contributed by atoms with Crippen LogP contribution in [0.3, 0.4) is 0 Å². The number of hydrogen-bond donors (Lipinski definition) is 1. The van der Waals surface area contributed by atoms with Crippen molar-refractivity contribution in [1.29, 1.82) is 0 Å². The maximum absolute atomic E-state index is 12.2. The third-order valence-corrected chi connectivity index (χ3v) is 5.92. The van der Waals surface area contributed by atoms with Crippen molar-refractivity contribution in [3.05, 3.63) is 0 Å². The molecule has 0 bridgehead atoms. The molecule has 0 aromatic rings. The van der Waals surface area contributed by atoms with Crippen LogP contribution in [-0.4, -0.2) is 48.0 Å². The maximum Gasteiger partial charge on any atom is 0.232 e. The van der Waals surface area contributed by atoms with Crippen LogP contribution in [0.2, 0.25) is 0 Å². The highest BCUT2D eigenvalue weighted by Crippen LogP contribution is 2.26. The van der Waals surface area contributed by atoms with Crippen molar-refractivity contribution in [2.75, 3.05) is 31.9 Å². The molecule has 0 radical (unpaired) electrons. The molecule has 2 aliphatic rings. The molecule has 2 heterocycles. The lowest BCUT2D eigenvalue weighted by molar-refractivity contribution is -0.129. The standard InChI is InChI=1S/C15H28N2OS/c1-12(2)13-5-9-17(10-6-13)15(18)11-19-14-3-7-16-8-4-14/h12-14,16H,3-11H2,1-2H3. The Kier molecular flexibility index (Phi) is 6.02. The second kappa shape index (κ2) is 7.53. The molecule has 0 spiro atoms. The lowest BCUT2D eigenvalue weighted by Gasteiger charge is -2.34. The Hall–Kier alpha value is -0.220. The number of thioether (sulfide) groups is 1. The molecule has 2 saturated heterocycles. The fraction of sp³-hybridized carbons (Fsp3) is 0.933. The van der Waals surface area contributed by atoms with E-state index in [1.165, 1.54) is 25.7 Å². The number of nitrogens with one attached hydrogen (secondary N) is 1. The van der Waals surface area contributed by atoms with Gasteiger partial charge in [0.05, 0.1) is 5.75 Å². The lowest BCUT2D eigenvalue weighted by atomic mass is 9.87. The minimum Gasteiger partial charge on any atom is -0.342 e. The second-order valence-corrected chi connectivity index (χ2v) is 7.51. The van der Waals surface area contributed by atoms with Crippen molar-refractivity contribution in [3.8, 4) is 0 Å². The predicted molar refractivity (Wildman–Crippen MR) is 82.5 cm³/mol. The van der Waals surface area contributed by atoms with Gasteiger partial charge in [-0.3, -0.25) is 4.79 Å². The molecule has 110 valence electrons. The quantitative estimate of drug-likeness (QED) is 0.860. The van der Waals surface area contributed by atoms with E-state index in [2.05, 4.69) is 24.1 Å². The lowest BCUT2D eigenvalue weighted by Crippen LogP contribution is -2.41. The Labute approximate surface area is 121 Å². The monoisotopic (exact) mass is 284 g/mol. The Morgan fingerprint density at radius 3 is 2.42 bits per heavy atom. The summed E-state index contributed by atoms with van der Waals surface area (Å²) >= 11 is 1.88. The summed E-state index contributed by atoms with van der Waals surface area (Å²) in [5, 5.41) is 4.07. The average Bonchev–Trinajstić information content (AvgIpc) is 2.46. The first-order valence-corrected chi connectivity index (χ1v) is 8.82. The van der Waals surface area contributed by atoms with Gasteiger partial charge in [0.15, 0.2) is 0 Å². The van der Waals surface area contributed by atoms with Gasteiger partial charge in [0.2, 0.25) is 5.91 Å². The Morgan fingerprint density at radius 2 is 1.84 bits per heavy atom. The summed E-state index contributed by atoms with van der Waals surface area (Å²) in [7, 11) is 0. The number of rotatable bonds is 4. The molecular formula is C15H28N2OS. The Balaban J connectivity index is 1.66. The molecule has 3 nitrogen and oxygen atoms in total. The molecule has 0 unspecified atom stereocenters. The zero-order valence-electron chi connectivity index (χ0n) is 12.4. The third kappa shape index (κ3) is 4.67. The number of hydrogen-bond acceptors (Lipinski definition) is 3. The van der Waals surface area contributed by atoms with Gasteiger partial charge in [-0.15, -0.1) is 11.8 Å². The SMILES string of the molecule is CC(C)C1CCN(C(=O)CSC2CCNCC2)CC1. The zero-order valence-corrected chi connectivity index (χ0v) is 13.2. The van der Waals surface area contributed by atoms with Crippen LogP contribution in [0.4, 0.5) is 0 Å². The minimum atomic E-state index is 0.366. The van der Waals surface area contributed by atoms with Gasteiger partial charge in [-0.05, 0) is 50.6 Å². The van der Waals surface area contributed by atoms with Crippen LogP contribution in [0, 0.1) is 11.8 Å². The number of likely N-dealkylation sites (tertiary alicyclic amines) is 1. The van der Waals surface area contributed by atoms with E-state index in [9.17, 15) is 4.79 Å². The molecule has 2 fully saturated rings. The fourth-order valence-electron chi connectivity index (χ4n) is 3.06. The van der Waals surface area contributed by atoms with Gasteiger partial charge in [-0.1, -0.05) is 13.8 Å². The van der Waals surface area contributed by atoms with E-state index in [0.29, 0.717) is 16.9 Å². The molecule has 1 N–H and O–H groups in total. The molecule has 2 aliphatic heterocycles. The highest BCUT2D eigenvalue weighted by Gasteiger charge is 2.25. The highest BCUT2D eigenvalue weighted by atomic mass is 32.2. The van der Waals surface area contributed by atoms with Gasteiger partial charge in [0.1, 0.15) is 0 Å². The first kappa shape index (κ1) is 15.2. The van der Waals surface area contributed by atoms with Crippen LogP contribution < -0.4 is 5.32 Å². The fourth-order valence-corrected chi connectivity index (χ4v) is 4.19. The molecule has 4 heteroatoms. The molecule has 0 atom stereocenters. The van der Waals surface area contributed by atoms with Crippen LogP contribution in [0.1, 0.15) is 39.5 Å². The summed E-state index contributed by atoms with van der Waals surface area (Å²) < 4.78 is 0. The van der Waals surface area contributed by atoms with Crippen LogP contribution in [0.25, 0.3) is 0 Å². The van der Waals surface area contributed by atoms with Gasteiger partial charge in [0, 0.05) is 18.3 Å². The van der Waals surface area contributed by atoms with Crippen molar-refractivity contribution in [2.24, 2.45) is 11.8 Å². The summed E-state index contributed by atoms with van der Waals surface area (Å²) in [5.41, 5.74) is 0. The van der Waals surface area contributed by atoms with E-state index in [4.69, 9.17) is 0 Å². The van der Waals surface area contributed by atoms with Crippen LogP contribution in [0.5, 0.6) is 0 Å². The van der Waals surface area contributed by atoms with E-state index >= 15 is 0 Å². The molecule has 2 rings (SSSR count). The summed E-state index contributed by atoms with van der Waals surface area (Å²) in [6, 6.07) is 0. The topological polar surface area (TPSA) is 32.3 Å². The molecule has 0 saturated carbocycles. The van der Waals surface area contributed by atoms with E-state index in [0.717, 1.165) is 38.0 Å². The largest absolute Gasteiger partial charge is 0.342 e. The highest BCUT2D eigenvalue weighted by molar-refractivity contribution is 8.00.